The van der Waals surface area contributed by atoms with E-state index in [0.717, 1.165) is 31.4 Å². The summed E-state index contributed by atoms with van der Waals surface area (Å²) in [5, 5.41) is 0. The summed E-state index contributed by atoms with van der Waals surface area (Å²) in [7, 11) is 0. The minimum absolute atomic E-state index is 0.0905. The van der Waals surface area contributed by atoms with Crippen LogP contribution in [-0.4, -0.2) is 12.6 Å². The highest BCUT2D eigenvalue weighted by molar-refractivity contribution is 5.30. The van der Waals surface area contributed by atoms with Crippen LogP contribution < -0.4 is 10.5 Å². The molecule has 3 unspecified atom stereocenters. The van der Waals surface area contributed by atoms with E-state index in [-0.39, 0.29) is 17.8 Å². The van der Waals surface area contributed by atoms with E-state index in [4.69, 9.17) is 10.5 Å². The summed E-state index contributed by atoms with van der Waals surface area (Å²) in [6.07, 6.45) is -1.51. The van der Waals surface area contributed by atoms with Gasteiger partial charge in [0.1, 0.15) is 11.9 Å². The smallest absolute Gasteiger partial charge is 0.416 e. The average Bonchev–Trinajstić information content (AvgIpc) is 2.38. The summed E-state index contributed by atoms with van der Waals surface area (Å²) in [5.41, 5.74) is 5.05. The Morgan fingerprint density at radius 1 is 1.30 bits per heavy atom. The Bertz CT molecular complexity index is 447. The molecule has 0 saturated heterocycles. The third kappa shape index (κ3) is 3.66. The molecule has 1 aliphatic rings. The van der Waals surface area contributed by atoms with Gasteiger partial charge in [0.05, 0.1) is 5.56 Å². The van der Waals surface area contributed by atoms with Crippen molar-refractivity contribution in [2.45, 2.75) is 38.5 Å². The predicted octanol–water partition coefficient (Wildman–Crippen LogP) is 3.85. The second-order valence-corrected chi connectivity index (χ2v) is 5.60. The van der Waals surface area contributed by atoms with E-state index in [0.29, 0.717) is 12.5 Å². The number of ether oxygens (including phenoxy) is 1. The van der Waals surface area contributed by atoms with E-state index >= 15 is 0 Å². The monoisotopic (exact) mass is 287 g/mol. The molecule has 1 saturated carbocycles. The van der Waals surface area contributed by atoms with Crippen molar-refractivity contribution in [2.24, 2.45) is 17.6 Å². The van der Waals surface area contributed by atoms with Gasteiger partial charge in [-0.1, -0.05) is 19.4 Å². The topological polar surface area (TPSA) is 35.2 Å². The largest absolute Gasteiger partial charge is 0.490 e. The molecule has 0 amide bonds. The Kier molecular flexibility index (Phi) is 4.58. The first-order chi connectivity index (χ1) is 9.40. The van der Waals surface area contributed by atoms with Gasteiger partial charge in [0, 0.05) is 5.92 Å². The van der Waals surface area contributed by atoms with Crippen LogP contribution in [0.15, 0.2) is 24.3 Å². The van der Waals surface area contributed by atoms with Crippen molar-refractivity contribution in [3.05, 3.63) is 29.8 Å². The van der Waals surface area contributed by atoms with Gasteiger partial charge in [-0.05, 0) is 43.5 Å². The summed E-state index contributed by atoms with van der Waals surface area (Å²) in [4.78, 5) is 0. The number of hydrogen-bond acceptors (Lipinski definition) is 2. The predicted molar refractivity (Wildman–Crippen MR) is 71.4 cm³/mol. The molecule has 2 N–H and O–H groups in total. The highest BCUT2D eigenvalue weighted by Crippen LogP contribution is 2.34. The van der Waals surface area contributed by atoms with Gasteiger partial charge in [-0.3, -0.25) is 0 Å². The van der Waals surface area contributed by atoms with E-state index < -0.39 is 11.7 Å². The molecular formula is C15H20F3NO. The van der Waals surface area contributed by atoms with Gasteiger partial charge in [-0.25, -0.2) is 0 Å². The number of hydrogen-bond donors (Lipinski definition) is 1. The molecule has 112 valence electrons. The summed E-state index contributed by atoms with van der Waals surface area (Å²) < 4.78 is 43.8. The molecule has 20 heavy (non-hydrogen) atoms. The highest BCUT2D eigenvalue weighted by atomic mass is 19.4. The fourth-order valence-electron chi connectivity index (χ4n) is 2.73. The number of benzene rings is 1. The molecule has 0 heterocycles. The van der Waals surface area contributed by atoms with Gasteiger partial charge < -0.3 is 10.5 Å². The molecule has 1 aromatic carbocycles. The van der Waals surface area contributed by atoms with E-state index in [2.05, 4.69) is 6.92 Å². The maximum atomic E-state index is 12.7. The van der Waals surface area contributed by atoms with Crippen molar-refractivity contribution in [3.8, 4) is 5.75 Å². The first-order valence-electron chi connectivity index (χ1n) is 6.94. The Balaban J connectivity index is 2.12. The second-order valence-electron chi connectivity index (χ2n) is 5.60. The molecule has 0 aliphatic heterocycles. The van der Waals surface area contributed by atoms with Crippen LogP contribution in [0.1, 0.15) is 31.7 Å². The lowest BCUT2D eigenvalue weighted by atomic mass is 9.80. The molecule has 5 heteroatoms. The van der Waals surface area contributed by atoms with Gasteiger partial charge in [0.25, 0.3) is 0 Å². The zero-order valence-electron chi connectivity index (χ0n) is 11.5. The van der Waals surface area contributed by atoms with Crippen molar-refractivity contribution >= 4 is 0 Å². The van der Waals surface area contributed by atoms with Gasteiger partial charge >= 0.3 is 6.18 Å². The van der Waals surface area contributed by atoms with Crippen LogP contribution in [0.5, 0.6) is 5.75 Å². The van der Waals surface area contributed by atoms with Gasteiger partial charge in [-0.2, -0.15) is 13.2 Å². The maximum absolute atomic E-state index is 12.7. The first kappa shape index (κ1) is 15.2. The summed E-state index contributed by atoms with van der Waals surface area (Å²) in [6, 6.07) is 5.06. The third-order valence-electron chi connectivity index (χ3n) is 3.94. The quantitative estimate of drug-likeness (QED) is 0.916. The van der Waals surface area contributed by atoms with E-state index in [1.807, 2.05) is 0 Å². The standard InChI is InChI=1S/C15H20F3NO/c1-10-5-6-11(9-19)14(7-10)20-13-4-2-3-12(8-13)15(16,17)18/h2-4,8,10-11,14H,5-7,9,19H2,1H3. The molecule has 0 radical (unpaired) electrons. The minimum Gasteiger partial charge on any atom is -0.490 e. The lowest BCUT2D eigenvalue weighted by Gasteiger charge is -2.34. The fourth-order valence-corrected chi connectivity index (χ4v) is 2.73. The van der Waals surface area contributed by atoms with Gasteiger partial charge in [-0.15, -0.1) is 0 Å². The van der Waals surface area contributed by atoms with Crippen LogP contribution in [0.2, 0.25) is 0 Å². The minimum atomic E-state index is -4.34. The number of halogens is 3. The molecule has 2 nitrogen and oxygen atoms in total. The summed E-state index contributed by atoms with van der Waals surface area (Å²) in [6.45, 7) is 2.64. The first-order valence-corrected chi connectivity index (χ1v) is 6.94. The maximum Gasteiger partial charge on any atom is 0.416 e. The van der Waals surface area contributed by atoms with Crippen molar-refractivity contribution in [2.75, 3.05) is 6.54 Å². The zero-order valence-corrected chi connectivity index (χ0v) is 11.5. The van der Waals surface area contributed by atoms with E-state index in [1.165, 1.54) is 6.07 Å². The molecule has 1 fully saturated rings. The third-order valence-corrected chi connectivity index (χ3v) is 3.94. The molecule has 1 aliphatic carbocycles. The van der Waals surface area contributed by atoms with Crippen molar-refractivity contribution in [1.29, 1.82) is 0 Å². The molecule has 0 bridgehead atoms. The lowest BCUT2D eigenvalue weighted by molar-refractivity contribution is -0.137. The van der Waals surface area contributed by atoms with Crippen molar-refractivity contribution < 1.29 is 17.9 Å². The Morgan fingerprint density at radius 2 is 2.05 bits per heavy atom. The number of alkyl halides is 3. The van der Waals surface area contributed by atoms with Crippen LogP contribution in [0.25, 0.3) is 0 Å². The van der Waals surface area contributed by atoms with Crippen LogP contribution in [-0.2, 0) is 6.18 Å². The van der Waals surface area contributed by atoms with Crippen LogP contribution >= 0.6 is 0 Å². The summed E-state index contributed by atoms with van der Waals surface area (Å²) in [5.74, 6) is 1.02. The average molecular weight is 287 g/mol. The second kappa shape index (κ2) is 6.04. The van der Waals surface area contributed by atoms with Crippen molar-refractivity contribution in [3.63, 3.8) is 0 Å². The number of rotatable bonds is 3. The SMILES string of the molecule is CC1CCC(CN)C(Oc2cccc(C(F)(F)F)c2)C1. The normalized spacial score (nSPS) is 27.4. The Hall–Kier alpha value is -1.23. The molecular weight excluding hydrogens is 267 g/mol. The molecule has 1 aromatic rings. The van der Waals surface area contributed by atoms with Crippen LogP contribution in [0.4, 0.5) is 13.2 Å². The van der Waals surface area contributed by atoms with Gasteiger partial charge in [0.2, 0.25) is 0 Å². The summed E-state index contributed by atoms with van der Waals surface area (Å²) >= 11 is 0. The van der Waals surface area contributed by atoms with E-state index in [1.54, 1.807) is 6.07 Å². The van der Waals surface area contributed by atoms with Crippen molar-refractivity contribution in [1.82, 2.24) is 0 Å². The lowest BCUT2D eigenvalue weighted by Crippen LogP contribution is -2.37. The Labute approximate surface area is 117 Å². The fraction of sp³-hybridized carbons (Fsp3) is 0.600. The van der Waals surface area contributed by atoms with Crippen LogP contribution in [0.3, 0.4) is 0 Å². The zero-order chi connectivity index (χ0) is 14.8. The molecule has 3 atom stereocenters. The Morgan fingerprint density at radius 3 is 2.70 bits per heavy atom. The molecule has 0 spiro atoms. The van der Waals surface area contributed by atoms with Gasteiger partial charge in [0.15, 0.2) is 0 Å². The van der Waals surface area contributed by atoms with Crippen LogP contribution in [0, 0.1) is 11.8 Å². The molecule has 2 rings (SSSR count). The molecule has 0 aromatic heterocycles. The number of nitrogens with two attached hydrogens (primary N) is 1. The van der Waals surface area contributed by atoms with E-state index in [9.17, 15) is 13.2 Å². The highest BCUT2D eigenvalue weighted by Gasteiger charge is 2.32.